The fraction of sp³-hybridized carbons (Fsp3) is 0.357. The van der Waals surface area contributed by atoms with E-state index in [2.05, 4.69) is 22.9 Å². The van der Waals surface area contributed by atoms with Crippen LogP contribution in [-0.2, 0) is 17.9 Å². The number of carbonyl (C=O) groups excluding carboxylic acids is 1. The van der Waals surface area contributed by atoms with Crippen molar-refractivity contribution in [2.45, 2.75) is 25.9 Å². The maximum Gasteiger partial charge on any atom is 0.226 e. The van der Waals surface area contributed by atoms with Crippen molar-refractivity contribution in [2.24, 2.45) is 5.92 Å². The summed E-state index contributed by atoms with van der Waals surface area (Å²) in [7, 11) is 0. The molecule has 2 heterocycles. The smallest absolute Gasteiger partial charge is 0.226 e. The first kappa shape index (κ1) is 11.9. The van der Waals surface area contributed by atoms with Crippen LogP contribution in [0.3, 0.4) is 0 Å². The third kappa shape index (κ3) is 2.82. The van der Waals surface area contributed by atoms with Crippen molar-refractivity contribution in [2.75, 3.05) is 0 Å². The van der Waals surface area contributed by atoms with Gasteiger partial charge in [0, 0.05) is 15.7 Å². The summed E-state index contributed by atoms with van der Waals surface area (Å²) in [6, 6.07) is 8.30. The maximum atomic E-state index is 12.3. The van der Waals surface area contributed by atoms with Crippen LogP contribution in [0.15, 0.2) is 35.0 Å². The number of thiophene rings is 2. The molecule has 18 heavy (non-hydrogen) atoms. The summed E-state index contributed by atoms with van der Waals surface area (Å²) in [5.41, 5.74) is 0. The van der Waals surface area contributed by atoms with Crippen LogP contribution in [0.5, 0.6) is 0 Å². The molecule has 0 saturated heterocycles. The summed E-state index contributed by atoms with van der Waals surface area (Å²) < 4.78 is 0. The highest BCUT2D eigenvalue weighted by Gasteiger charge is 2.33. The number of carbonyl (C=O) groups is 1. The SMILES string of the molecule is O=C(C1CC1)N(Cc1cccs1)Cc1cccs1. The number of hydrogen-bond acceptors (Lipinski definition) is 3. The van der Waals surface area contributed by atoms with Gasteiger partial charge in [0.2, 0.25) is 5.91 Å². The Balaban J connectivity index is 1.72. The molecule has 1 saturated carbocycles. The normalized spacial score (nSPS) is 14.7. The molecule has 0 aliphatic heterocycles. The Morgan fingerprint density at radius 2 is 1.67 bits per heavy atom. The second-order valence-electron chi connectivity index (χ2n) is 4.63. The Labute approximate surface area is 115 Å². The molecule has 1 aliphatic rings. The lowest BCUT2D eigenvalue weighted by Crippen LogP contribution is -2.30. The van der Waals surface area contributed by atoms with Gasteiger partial charge in [-0.05, 0) is 35.7 Å². The van der Waals surface area contributed by atoms with E-state index in [9.17, 15) is 4.79 Å². The van der Waals surface area contributed by atoms with Gasteiger partial charge in [0.1, 0.15) is 0 Å². The van der Waals surface area contributed by atoms with Crippen molar-refractivity contribution in [3.63, 3.8) is 0 Å². The molecule has 0 atom stereocenters. The quantitative estimate of drug-likeness (QED) is 0.815. The van der Waals surface area contributed by atoms with Crippen molar-refractivity contribution in [3.05, 3.63) is 44.8 Å². The molecule has 2 aromatic rings. The summed E-state index contributed by atoms with van der Waals surface area (Å²) in [5, 5.41) is 4.14. The number of nitrogens with zero attached hydrogens (tertiary/aromatic N) is 1. The predicted molar refractivity (Wildman–Crippen MR) is 75.6 cm³/mol. The van der Waals surface area contributed by atoms with Crippen LogP contribution in [0.25, 0.3) is 0 Å². The number of rotatable bonds is 5. The van der Waals surface area contributed by atoms with Gasteiger partial charge in [-0.2, -0.15) is 0 Å². The van der Waals surface area contributed by atoms with Gasteiger partial charge in [-0.3, -0.25) is 4.79 Å². The highest BCUT2D eigenvalue weighted by molar-refractivity contribution is 7.10. The van der Waals surface area contributed by atoms with Gasteiger partial charge in [0.15, 0.2) is 0 Å². The first-order valence-corrected chi connectivity index (χ1v) is 7.92. The van der Waals surface area contributed by atoms with E-state index in [4.69, 9.17) is 0 Å². The minimum absolute atomic E-state index is 0.296. The van der Waals surface area contributed by atoms with Crippen LogP contribution in [0.2, 0.25) is 0 Å². The first-order chi connectivity index (χ1) is 8.83. The Morgan fingerprint density at radius 3 is 2.06 bits per heavy atom. The van der Waals surface area contributed by atoms with Crippen LogP contribution in [0, 0.1) is 5.92 Å². The minimum atomic E-state index is 0.296. The van der Waals surface area contributed by atoms with Crippen molar-refractivity contribution in [1.82, 2.24) is 4.90 Å². The molecule has 0 radical (unpaired) electrons. The molecular formula is C14H15NOS2. The van der Waals surface area contributed by atoms with Gasteiger partial charge in [-0.1, -0.05) is 12.1 Å². The van der Waals surface area contributed by atoms with E-state index in [0.717, 1.165) is 25.9 Å². The van der Waals surface area contributed by atoms with Crippen LogP contribution in [-0.4, -0.2) is 10.8 Å². The molecule has 94 valence electrons. The van der Waals surface area contributed by atoms with Crippen LogP contribution in [0.4, 0.5) is 0 Å². The van der Waals surface area contributed by atoms with E-state index in [1.807, 2.05) is 17.0 Å². The summed E-state index contributed by atoms with van der Waals surface area (Å²) in [5.74, 6) is 0.627. The molecule has 4 heteroatoms. The molecule has 0 bridgehead atoms. The zero-order chi connectivity index (χ0) is 12.4. The molecular weight excluding hydrogens is 262 g/mol. The van der Waals surface area contributed by atoms with Gasteiger partial charge in [0.25, 0.3) is 0 Å². The highest BCUT2D eigenvalue weighted by Crippen LogP contribution is 2.32. The highest BCUT2D eigenvalue weighted by atomic mass is 32.1. The van der Waals surface area contributed by atoms with Gasteiger partial charge in [-0.15, -0.1) is 22.7 Å². The van der Waals surface area contributed by atoms with Gasteiger partial charge in [-0.25, -0.2) is 0 Å². The Kier molecular flexibility index (Phi) is 3.48. The third-order valence-electron chi connectivity index (χ3n) is 3.09. The third-order valence-corrected chi connectivity index (χ3v) is 4.81. The summed E-state index contributed by atoms with van der Waals surface area (Å²) in [4.78, 5) is 16.8. The fourth-order valence-corrected chi connectivity index (χ4v) is 3.42. The van der Waals surface area contributed by atoms with Crippen molar-refractivity contribution in [3.8, 4) is 0 Å². The number of amides is 1. The Morgan fingerprint density at radius 1 is 1.11 bits per heavy atom. The maximum absolute atomic E-state index is 12.3. The Bertz CT molecular complexity index is 464. The molecule has 2 nitrogen and oxygen atoms in total. The zero-order valence-corrected chi connectivity index (χ0v) is 11.7. The molecule has 0 spiro atoms. The topological polar surface area (TPSA) is 20.3 Å². The lowest BCUT2D eigenvalue weighted by atomic mass is 10.3. The monoisotopic (exact) mass is 277 g/mol. The van der Waals surface area contributed by atoms with Crippen molar-refractivity contribution in [1.29, 1.82) is 0 Å². The molecule has 1 aliphatic carbocycles. The van der Waals surface area contributed by atoms with Gasteiger partial charge in [0.05, 0.1) is 13.1 Å². The summed E-state index contributed by atoms with van der Waals surface area (Å²) in [6.07, 6.45) is 2.15. The van der Waals surface area contributed by atoms with E-state index >= 15 is 0 Å². The average Bonchev–Trinajstić information content (AvgIpc) is 2.88. The second-order valence-corrected chi connectivity index (χ2v) is 6.69. The van der Waals surface area contributed by atoms with E-state index < -0.39 is 0 Å². The van der Waals surface area contributed by atoms with Gasteiger partial charge >= 0.3 is 0 Å². The van der Waals surface area contributed by atoms with E-state index in [0.29, 0.717) is 11.8 Å². The molecule has 2 aromatic heterocycles. The number of hydrogen-bond donors (Lipinski definition) is 0. The van der Waals surface area contributed by atoms with E-state index in [1.54, 1.807) is 22.7 Å². The van der Waals surface area contributed by atoms with Crippen molar-refractivity contribution < 1.29 is 4.79 Å². The summed E-state index contributed by atoms with van der Waals surface area (Å²) in [6.45, 7) is 1.51. The fourth-order valence-electron chi connectivity index (χ4n) is 1.98. The predicted octanol–water partition coefficient (Wildman–Crippen LogP) is 3.75. The van der Waals surface area contributed by atoms with Gasteiger partial charge < -0.3 is 4.90 Å². The van der Waals surface area contributed by atoms with E-state index in [-0.39, 0.29) is 0 Å². The molecule has 0 unspecified atom stereocenters. The molecule has 1 amide bonds. The Hall–Kier alpha value is -1.13. The second kappa shape index (κ2) is 5.24. The standard InChI is InChI=1S/C14H15NOS2/c16-14(11-5-6-11)15(9-12-3-1-7-17-12)10-13-4-2-8-18-13/h1-4,7-8,11H,5-6,9-10H2. The van der Waals surface area contributed by atoms with Crippen LogP contribution in [0.1, 0.15) is 22.6 Å². The largest absolute Gasteiger partial charge is 0.332 e. The molecule has 3 rings (SSSR count). The molecule has 0 N–H and O–H groups in total. The minimum Gasteiger partial charge on any atom is -0.332 e. The van der Waals surface area contributed by atoms with Crippen LogP contribution < -0.4 is 0 Å². The van der Waals surface area contributed by atoms with Crippen LogP contribution >= 0.6 is 22.7 Å². The molecule has 1 fully saturated rings. The van der Waals surface area contributed by atoms with E-state index in [1.165, 1.54) is 9.75 Å². The lowest BCUT2D eigenvalue weighted by Gasteiger charge is -2.21. The summed E-state index contributed by atoms with van der Waals surface area (Å²) >= 11 is 3.45. The lowest BCUT2D eigenvalue weighted by molar-refractivity contribution is -0.133. The zero-order valence-electron chi connectivity index (χ0n) is 10.0. The van der Waals surface area contributed by atoms with Crippen molar-refractivity contribution >= 4 is 28.6 Å². The average molecular weight is 277 g/mol. The first-order valence-electron chi connectivity index (χ1n) is 6.16. The molecule has 0 aromatic carbocycles.